The van der Waals surface area contributed by atoms with E-state index in [-0.39, 0.29) is 12.8 Å². The van der Waals surface area contributed by atoms with Crippen molar-refractivity contribution in [3.05, 3.63) is 35.9 Å². The number of unbranched alkanes of at least 4 members (excludes halogenated alkanes) is 1. The van der Waals surface area contributed by atoms with Crippen LogP contribution >= 0.6 is 0 Å². The van der Waals surface area contributed by atoms with Crippen LogP contribution in [0.2, 0.25) is 0 Å². The molecule has 1 aromatic rings. The molecule has 2 unspecified atom stereocenters. The predicted molar refractivity (Wildman–Crippen MR) is 99.6 cm³/mol. The fourth-order valence-corrected chi connectivity index (χ4v) is 4.50. The van der Waals surface area contributed by atoms with Gasteiger partial charge in [-0.1, -0.05) is 77.8 Å². The van der Waals surface area contributed by atoms with Gasteiger partial charge in [-0.3, -0.25) is 9.59 Å². The lowest BCUT2D eigenvalue weighted by Crippen LogP contribution is -2.60. The molecule has 0 fully saturated rings. The Morgan fingerprint density at radius 1 is 0.960 bits per heavy atom. The number of hydrogen-bond acceptors (Lipinski definition) is 2. The molecule has 0 aliphatic carbocycles. The summed E-state index contributed by atoms with van der Waals surface area (Å²) in [5.74, 6) is -2.03. The summed E-state index contributed by atoms with van der Waals surface area (Å²) in [6.07, 6.45) is 2.36. The molecule has 0 radical (unpaired) electrons. The van der Waals surface area contributed by atoms with Crippen LogP contribution < -0.4 is 0 Å². The van der Waals surface area contributed by atoms with E-state index >= 15 is 0 Å². The smallest absolute Gasteiger partial charge is 0.311 e. The zero-order chi connectivity index (χ0) is 19.3. The van der Waals surface area contributed by atoms with Gasteiger partial charge in [0, 0.05) is 0 Å². The van der Waals surface area contributed by atoms with Crippen LogP contribution in [0.25, 0.3) is 0 Å². The van der Waals surface area contributed by atoms with Gasteiger partial charge in [0.1, 0.15) is 0 Å². The van der Waals surface area contributed by atoms with Gasteiger partial charge in [-0.05, 0) is 30.2 Å². The van der Waals surface area contributed by atoms with Gasteiger partial charge < -0.3 is 10.2 Å². The summed E-state index contributed by atoms with van der Waals surface area (Å²) in [6, 6.07) is 9.38. The van der Waals surface area contributed by atoms with Crippen LogP contribution in [0, 0.1) is 16.2 Å². The van der Waals surface area contributed by atoms with Gasteiger partial charge in [0.05, 0.1) is 10.8 Å². The number of aliphatic carboxylic acids is 2. The first-order chi connectivity index (χ1) is 11.6. The Morgan fingerprint density at radius 2 is 1.52 bits per heavy atom. The van der Waals surface area contributed by atoms with E-state index in [4.69, 9.17) is 0 Å². The maximum Gasteiger partial charge on any atom is 0.311 e. The van der Waals surface area contributed by atoms with Crippen LogP contribution in [0.15, 0.2) is 30.3 Å². The predicted octanol–water partition coefficient (Wildman–Crippen LogP) is 5.02. The van der Waals surface area contributed by atoms with Crippen LogP contribution in [-0.4, -0.2) is 22.2 Å². The molecule has 0 saturated heterocycles. The van der Waals surface area contributed by atoms with Crippen LogP contribution in [-0.2, 0) is 16.0 Å². The minimum absolute atomic E-state index is 0.223. The van der Waals surface area contributed by atoms with Gasteiger partial charge >= 0.3 is 11.9 Å². The summed E-state index contributed by atoms with van der Waals surface area (Å²) in [5.41, 5.74) is -2.56. The maximum absolute atomic E-state index is 12.6. The average Bonchev–Trinajstić information content (AvgIpc) is 2.52. The van der Waals surface area contributed by atoms with Gasteiger partial charge in [0.25, 0.3) is 0 Å². The molecule has 4 nitrogen and oxygen atoms in total. The number of carboxylic acid groups (broad SMARTS) is 2. The van der Waals surface area contributed by atoms with Crippen LogP contribution in [0.1, 0.15) is 65.9 Å². The van der Waals surface area contributed by atoms with Crippen LogP contribution in [0.5, 0.6) is 0 Å². The molecule has 140 valence electrons. The molecule has 1 aromatic carbocycles. The second-order valence-corrected chi connectivity index (χ2v) is 7.97. The molecular weight excluding hydrogens is 316 g/mol. The topological polar surface area (TPSA) is 74.6 Å². The van der Waals surface area contributed by atoms with Gasteiger partial charge in [0.15, 0.2) is 0 Å². The van der Waals surface area contributed by atoms with E-state index in [9.17, 15) is 19.8 Å². The van der Waals surface area contributed by atoms with Gasteiger partial charge in [0.2, 0.25) is 0 Å². The molecule has 25 heavy (non-hydrogen) atoms. The monoisotopic (exact) mass is 348 g/mol. The number of rotatable bonds is 9. The number of hydrogen-bond donors (Lipinski definition) is 2. The first-order valence-corrected chi connectivity index (χ1v) is 9.09. The van der Waals surface area contributed by atoms with Crippen molar-refractivity contribution in [2.24, 2.45) is 16.2 Å². The van der Waals surface area contributed by atoms with E-state index in [0.29, 0.717) is 12.8 Å². The lowest BCUT2D eigenvalue weighted by molar-refractivity contribution is -0.189. The zero-order valence-electron chi connectivity index (χ0n) is 16.1. The molecule has 1 rings (SSSR count). The number of carboxylic acids is 2. The molecule has 0 aliphatic rings. The van der Waals surface area contributed by atoms with E-state index in [2.05, 4.69) is 0 Å². The average molecular weight is 348 g/mol. The van der Waals surface area contributed by atoms with E-state index in [1.54, 1.807) is 6.92 Å². The summed E-state index contributed by atoms with van der Waals surface area (Å²) >= 11 is 0. The molecule has 0 aromatic heterocycles. The molecular formula is C21H32O4. The van der Waals surface area contributed by atoms with Crippen molar-refractivity contribution >= 4 is 11.9 Å². The standard InChI is InChI=1S/C21H32O4/c1-6-8-14-20(17(22)23,15-16-12-10-9-11-13-16)21(7-2,18(24)25)19(3,4)5/h9-13H,6-8,14-15H2,1-5H3,(H,22,23)(H,24,25). The first kappa shape index (κ1) is 21.2. The zero-order valence-corrected chi connectivity index (χ0v) is 16.1. The molecule has 0 saturated carbocycles. The van der Waals surface area contributed by atoms with Crippen molar-refractivity contribution in [1.29, 1.82) is 0 Å². The second-order valence-electron chi connectivity index (χ2n) is 7.97. The Labute approximate surface area is 151 Å². The lowest BCUT2D eigenvalue weighted by atomic mass is 9.48. The third-order valence-corrected chi connectivity index (χ3v) is 5.71. The summed E-state index contributed by atoms with van der Waals surface area (Å²) in [4.78, 5) is 25.2. The third kappa shape index (κ3) is 3.73. The van der Waals surface area contributed by atoms with Crippen molar-refractivity contribution in [3.63, 3.8) is 0 Å². The van der Waals surface area contributed by atoms with E-state index < -0.39 is 28.2 Å². The van der Waals surface area contributed by atoms with E-state index in [1.165, 1.54) is 0 Å². The molecule has 0 spiro atoms. The third-order valence-electron chi connectivity index (χ3n) is 5.71. The fourth-order valence-electron chi connectivity index (χ4n) is 4.50. The first-order valence-electron chi connectivity index (χ1n) is 9.09. The minimum Gasteiger partial charge on any atom is -0.481 e. The Hall–Kier alpha value is -1.84. The largest absolute Gasteiger partial charge is 0.481 e. The molecule has 2 N–H and O–H groups in total. The molecule has 0 heterocycles. The van der Waals surface area contributed by atoms with Crippen molar-refractivity contribution in [2.75, 3.05) is 0 Å². The normalized spacial score (nSPS) is 16.7. The number of carbonyl (C=O) groups is 2. The molecule has 0 bridgehead atoms. The Bertz CT molecular complexity index is 588. The number of benzene rings is 1. The molecule has 4 heteroatoms. The summed E-state index contributed by atoms with van der Waals surface area (Å²) in [7, 11) is 0. The van der Waals surface area contributed by atoms with Crippen molar-refractivity contribution in [2.45, 2.75) is 66.7 Å². The minimum atomic E-state index is -1.36. The lowest BCUT2D eigenvalue weighted by Gasteiger charge is -2.52. The fraction of sp³-hybridized carbons (Fsp3) is 0.619. The van der Waals surface area contributed by atoms with E-state index in [0.717, 1.165) is 12.0 Å². The van der Waals surface area contributed by atoms with Crippen LogP contribution in [0.4, 0.5) is 0 Å². The van der Waals surface area contributed by atoms with Gasteiger partial charge in [-0.15, -0.1) is 0 Å². The SMILES string of the molecule is CCCCC(Cc1ccccc1)(C(=O)O)C(CC)(C(=O)O)C(C)(C)C. The molecule has 0 aliphatic heterocycles. The Morgan fingerprint density at radius 3 is 1.88 bits per heavy atom. The summed E-state index contributed by atoms with van der Waals surface area (Å²) in [6.45, 7) is 9.34. The van der Waals surface area contributed by atoms with Crippen molar-refractivity contribution in [1.82, 2.24) is 0 Å². The summed E-state index contributed by atoms with van der Waals surface area (Å²) < 4.78 is 0. The second kappa shape index (κ2) is 8.03. The molecule has 0 amide bonds. The van der Waals surface area contributed by atoms with Gasteiger partial charge in [-0.25, -0.2) is 0 Å². The maximum atomic E-state index is 12.6. The summed E-state index contributed by atoms with van der Waals surface area (Å²) in [5, 5.41) is 20.6. The van der Waals surface area contributed by atoms with E-state index in [1.807, 2.05) is 58.0 Å². The highest BCUT2D eigenvalue weighted by molar-refractivity contribution is 5.87. The highest BCUT2D eigenvalue weighted by atomic mass is 16.4. The van der Waals surface area contributed by atoms with Gasteiger partial charge in [-0.2, -0.15) is 0 Å². The molecule has 2 atom stereocenters. The highest BCUT2D eigenvalue weighted by Gasteiger charge is 2.64. The Balaban J connectivity index is 3.71. The quantitative estimate of drug-likeness (QED) is 0.657. The van der Waals surface area contributed by atoms with Crippen LogP contribution in [0.3, 0.4) is 0 Å². The van der Waals surface area contributed by atoms with Crippen molar-refractivity contribution in [3.8, 4) is 0 Å². The van der Waals surface area contributed by atoms with Crippen molar-refractivity contribution < 1.29 is 19.8 Å². The Kier molecular flexibility index (Phi) is 6.81. The highest BCUT2D eigenvalue weighted by Crippen LogP contribution is 2.58.